The molecule has 1 saturated heterocycles. The van der Waals surface area contributed by atoms with Crippen LogP contribution in [0.2, 0.25) is 0 Å². The lowest BCUT2D eigenvalue weighted by molar-refractivity contribution is 0.0683. The van der Waals surface area contributed by atoms with E-state index in [1.54, 1.807) is 0 Å². The molecule has 0 radical (unpaired) electrons. The van der Waals surface area contributed by atoms with E-state index in [9.17, 15) is 0 Å². The number of aryl methyl sites for hydroxylation is 1. The molecule has 2 fully saturated rings. The molecule has 1 saturated carbocycles. The Bertz CT molecular complexity index is 658. The molecule has 3 heterocycles. The molecule has 2 aliphatic rings. The van der Waals surface area contributed by atoms with Crippen molar-refractivity contribution in [3.63, 3.8) is 0 Å². The molecule has 2 aromatic rings. The van der Waals surface area contributed by atoms with E-state index < -0.39 is 0 Å². The van der Waals surface area contributed by atoms with Crippen molar-refractivity contribution in [1.29, 1.82) is 0 Å². The molecule has 0 aromatic carbocycles. The second-order valence-electron chi connectivity index (χ2n) is 6.78. The molecular formula is C15H24N8. The van der Waals surface area contributed by atoms with Gasteiger partial charge in [0.05, 0.1) is 19.1 Å². The van der Waals surface area contributed by atoms with Crippen molar-refractivity contribution in [3.8, 4) is 0 Å². The number of nitrogens with zero attached hydrogens (tertiary/aromatic N) is 8. The van der Waals surface area contributed by atoms with E-state index in [-0.39, 0.29) is 0 Å². The van der Waals surface area contributed by atoms with Crippen LogP contribution in [0.25, 0.3) is 0 Å². The van der Waals surface area contributed by atoms with E-state index in [4.69, 9.17) is 0 Å². The molecule has 0 bridgehead atoms. The summed E-state index contributed by atoms with van der Waals surface area (Å²) in [7, 11) is 2.06. The maximum Gasteiger partial charge on any atom is 0.165 e. The van der Waals surface area contributed by atoms with Gasteiger partial charge in [0, 0.05) is 45.1 Å². The van der Waals surface area contributed by atoms with Crippen LogP contribution < -0.4 is 0 Å². The van der Waals surface area contributed by atoms with Gasteiger partial charge in [0.1, 0.15) is 5.82 Å². The van der Waals surface area contributed by atoms with Gasteiger partial charge in [0.25, 0.3) is 0 Å². The predicted octanol–water partition coefficient (Wildman–Crippen LogP) is 0.448. The Balaban J connectivity index is 1.35. The van der Waals surface area contributed by atoms with Crippen LogP contribution in [0.3, 0.4) is 0 Å². The fourth-order valence-corrected chi connectivity index (χ4v) is 3.30. The van der Waals surface area contributed by atoms with Gasteiger partial charge in [0.15, 0.2) is 5.82 Å². The number of tetrazole rings is 1. The maximum atomic E-state index is 4.44. The summed E-state index contributed by atoms with van der Waals surface area (Å²) in [4.78, 5) is 9.41. The van der Waals surface area contributed by atoms with Crippen LogP contribution in [0.4, 0.5) is 0 Å². The van der Waals surface area contributed by atoms with E-state index in [1.807, 2.05) is 17.1 Å². The lowest BCUT2D eigenvalue weighted by atomic mass is 10.2. The molecule has 0 spiro atoms. The summed E-state index contributed by atoms with van der Waals surface area (Å²) in [5.41, 5.74) is 0. The molecule has 4 rings (SSSR count). The Morgan fingerprint density at radius 3 is 2.74 bits per heavy atom. The summed E-state index contributed by atoms with van der Waals surface area (Å²) < 4.78 is 4.12. The van der Waals surface area contributed by atoms with Crippen molar-refractivity contribution < 1.29 is 0 Å². The van der Waals surface area contributed by atoms with E-state index in [0.717, 1.165) is 44.4 Å². The molecule has 1 atom stereocenters. The maximum absolute atomic E-state index is 4.44. The van der Waals surface area contributed by atoms with Gasteiger partial charge in [-0.25, -0.2) is 9.67 Å². The van der Waals surface area contributed by atoms with Crippen molar-refractivity contribution in [3.05, 3.63) is 24.0 Å². The number of hydrogen-bond acceptors (Lipinski definition) is 6. The molecule has 23 heavy (non-hydrogen) atoms. The van der Waals surface area contributed by atoms with Crippen molar-refractivity contribution in [2.45, 2.75) is 44.9 Å². The van der Waals surface area contributed by atoms with Crippen LogP contribution in [0, 0.1) is 0 Å². The molecule has 0 N–H and O–H groups in total. The zero-order valence-electron chi connectivity index (χ0n) is 13.8. The quantitative estimate of drug-likeness (QED) is 0.798. The van der Waals surface area contributed by atoms with Crippen LogP contribution >= 0.6 is 0 Å². The van der Waals surface area contributed by atoms with E-state index in [0.29, 0.717) is 12.1 Å². The van der Waals surface area contributed by atoms with Gasteiger partial charge in [-0.3, -0.25) is 9.80 Å². The Labute approximate surface area is 136 Å². The second-order valence-corrected chi connectivity index (χ2v) is 6.78. The fourth-order valence-electron chi connectivity index (χ4n) is 3.30. The molecule has 8 nitrogen and oxygen atoms in total. The SMILES string of the molecule is C[C@H]1CN(Cc2nnnn2C2CC2)CCN1Cc1nccn1C. The van der Waals surface area contributed by atoms with Gasteiger partial charge in [-0.1, -0.05) is 0 Å². The lowest BCUT2D eigenvalue weighted by Crippen LogP contribution is -2.51. The first-order valence-corrected chi connectivity index (χ1v) is 8.40. The first kappa shape index (κ1) is 14.8. The number of imidazole rings is 1. The average molecular weight is 316 g/mol. The highest BCUT2D eigenvalue weighted by atomic mass is 15.6. The zero-order valence-corrected chi connectivity index (χ0v) is 13.8. The first-order valence-electron chi connectivity index (χ1n) is 8.40. The van der Waals surface area contributed by atoms with Crippen molar-refractivity contribution in [1.82, 2.24) is 39.6 Å². The molecule has 2 aromatic heterocycles. The third kappa shape index (κ3) is 3.13. The predicted molar refractivity (Wildman–Crippen MR) is 84.4 cm³/mol. The van der Waals surface area contributed by atoms with Crippen molar-refractivity contribution in [2.75, 3.05) is 19.6 Å². The minimum absolute atomic E-state index is 0.505. The smallest absolute Gasteiger partial charge is 0.165 e. The van der Waals surface area contributed by atoms with E-state index in [2.05, 4.69) is 48.8 Å². The molecule has 124 valence electrons. The second kappa shape index (κ2) is 6.01. The van der Waals surface area contributed by atoms with Gasteiger partial charge >= 0.3 is 0 Å². The van der Waals surface area contributed by atoms with Gasteiger partial charge in [-0.05, 0) is 30.2 Å². The van der Waals surface area contributed by atoms with Crippen LogP contribution in [0.15, 0.2) is 12.4 Å². The number of hydrogen-bond donors (Lipinski definition) is 0. The molecule has 1 aliphatic carbocycles. The highest BCUT2D eigenvalue weighted by Crippen LogP contribution is 2.34. The summed E-state index contributed by atoms with van der Waals surface area (Å²) in [6.07, 6.45) is 6.31. The van der Waals surface area contributed by atoms with Gasteiger partial charge in [0.2, 0.25) is 0 Å². The van der Waals surface area contributed by atoms with Crippen LogP contribution in [0.5, 0.6) is 0 Å². The Morgan fingerprint density at radius 2 is 2.04 bits per heavy atom. The Hall–Kier alpha value is -1.80. The number of rotatable bonds is 5. The van der Waals surface area contributed by atoms with Crippen molar-refractivity contribution in [2.24, 2.45) is 7.05 Å². The lowest BCUT2D eigenvalue weighted by Gasteiger charge is -2.39. The average Bonchev–Trinajstić information content (AvgIpc) is 3.15. The standard InChI is InChI=1S/C15H24N8/c1-12-9-21(10-15-17-18-19-23(15)13-3-4-13)7-8-22(12)11-14-16-5-6-20(14)2/h5-6,12-13H,3-4,7-11H2,1-2H3/t12-/m0/s1. The Kier molecular flexibility index (Phi) is 3.86. The Morgan fingerprint density at radius 1 is 1.17 bits per heavy atom. The summed E-state index contributed by atoms with van der Waals surface area (Å²) in [5, 5.41) is 12.2. The largest absolute Gasteiger partial charge is 0.337 e. The topological polar surface area (TPSA) is 67.9 Å². The van der Waals surface area contributed by atoms with Crippen LogP contribution in [-0.4, -0.2) is 65.2 Å². The molecular weight excluding hydrogens is 292 g/mol. The normalized spacial score (nSPS) is 23.5. The summed E-state index contributed by atoms with van der Waals surface area (Å²) in [6, 6.07) is 1.05. The highest BCUT2D eigenvalue weighted by Gasteiger charge is 2.30. The summed E-state index contributed by atoms with van der Waals surface area (Å²) in [6.45, 7) is 7.20. The number of aromatic nitrogens is 6. The highest BCUT2D eigenvalue weighted by molar-refractivity contribution is 4.95. The minimum Gasteiger partial charge on any atom is -0.337 e. The number of piperazine rings is 1. The molecule has 0 unspecified atom stereocenters. The van der Waals surface area contributed by atoms with Gasteiger partial charge < -0.3 is 4.57 Å². The zero-order chi connectivity index (χ0) is 15.8. The molecule has 0 amide bonds. The van der Waals surface area contributed by atoms with Gasteiger partial charge in [-0.15, -0.1) is 5.10 Å². The molecule has 8 heteroatoms. The third-order valence-electron chi connectivity index (χ3n) is 4.93. The fraction of sp³-hybridized carbons (Fsp3) is 0.733. The minimum atomic E-state index is 0.505. The molecule has 1 aliphatic heterocycles. The summed E-state index contributed by atoms with van der Waals surface area (Å²) in [5.74, 6) is 2.14. The third-order valence-corrected chi connectivity index (χ3v) is 4.93. The van der Waals surface area contributed by atoms with E-state index >= 15 is 0 Å². The van der Waals surface area contributed by atoms with Gasteiger partial charge in [-0.2, -0.15) is 0 Å². The first-order chi connectivity index (χ1) is 11.2. The van der Waals surface area contributed by atoms with Crippen LogP contribution in [0.1, 0.15) is 37.5 Å². The van der Waals surface area contributed by atoms with Crippen molar-refractivity contribution >= 4 is 0 Å². The van der Waals surface area contributed by atoms with E-state index in [1.165, 1.54) is 12.8 Å². The monoisotopic (exact) mass is 316 g/mol. The van der Waals surface area contributed by atoms with Crippen LogP contribution in [-0.2, 0) is 20.1 Å². The summed E-state index contributed by atoms with van der Waals surface area (Å²) >= 11 is 0.